The van der Waals surface area contributed by atoms with Crippen LogP contribution in [-0.2, 0) is 4.74 Å². The third-order valence-corrected chi connectivity index (χ3v) is 2.17. The van der Waals surface area contributed by atoms with Crippen molar-refractivity contribution in [3.63, 3.8) is 0 Å². The molecule has 0 bridgehead atoms. The second-order valence-corrected chi connectivity index (χ2v) is 3.43. The molecule has 1 aliphatic heterocycles. The maximum absolute atomic E-state index is 11.8. The molecule has 2 rings (SSSR count). The summed E-state index contributed by atoms with van der Waals surface area (Å²) in [6.45, 7) is 2.44. The van der Waals surface area contributed by atoms with Gasteiger partial charge in [0.05, 0.1) is 18.5 Å². The zero-order valence-corrected chi connectivity index (χ0v) is 8.56. The van der Waals surface area contributed by atoms with E-state index in [0.29, 0.717) is 18.1 Å². The van der Waals surface area contributed by atoms with E-state index in [1.54, 1.807) is 6.20 Å². The molecule has 0 saturated carbocycles. The zero-order valence-electron chi connectivity index (χ0n) is 8.56. The Balaban J connectivity index is 2.20. The van der Waals surface area contributed by atoms with Gasteiger partial charge in [0.25, 0.3) is 0 Å². The number of rotatable bonds is 2. The molecule has 4 nitrogen and oxygen atoms in total. The van der Waals surface area contributed by atoms with Crippen LogP contribution in [0.2, 0.25) is 0 Å². The predicted octanol–water partition coefficient (Wildman–Crippen LogP) is 1.66. The van der Waals surface area contributed by atoms with Gasteiger partial charge in [0.15, 0.2) is 5.76 Å². The first-order valence-electron chi connectivity index (χ1n) is 4.93. The highest BCUT2D eigenvalue weighted by atomic mass is 16.5. The molecule has 0 atom stereocenters. The lowest BCUT2D eigenvalue weighted by Crippen LogP contribution is -2.13. The quantitative estimate of drug-likeness (QED) is 0.687. The normalized spacial score (nSPS) is 15.4. The first-order chi connectivity index (χ1) is 7.27. The number of Topliss-reactive ketones (excluding diaryl/α,β-unsaturated/α-hetero) is 1. The van der Waals surface area contributed by atoms with Gasteiger partial charge >= 0.3 is 0 Å². The molecule has 1 aliphatic rings. The van der Waals surface area contributed by atoms with Crippen LogP contribution in [-0.4, -0.2) is 22.4 Å². The molecule has 0 amide bonds. The maximum Gasteiger partial charge on any atom is 0.247 e. The number of carbonyl (C=O) groups excluding carboxylic acids is 1. The van der Waals surface area contributed by atoms with Crippen molar-refractivity contribution in [2.24, 2.45) is 0 Å². The molecule has 0 fully saturated rings. The fourth-order valence-electron chi connectivity index (χ4n) is 1.35. The highest BCUT2D eigenvalue weighted by Crippen LogP contribution is 2.13. The van der Waals surface area contributed by atoms with E-state index in [0.717, 1.165) is 18.5 Å². The molecule has 78 valence electrons. The standard InChI is InChI=1S/C11H12N2O2/c1-8-6-13-9(7-12-8)11(14)10-4-2-3-5-15-10/h4,6-7H,2-3,5H2,1H3. The lowest BCUT2D eigenvalue weighted by Gasteiger charge is -2.12. The SMILES string of the molecule is Cc1cnc(C(=O)C2=CCCCO2)cn1. The predicted molar refractivity (Wildman–Crippen MR) is 54.4 cm³/mol. The third kappa shape index (κ3) is 2.21. The molecule has 0 spiro atoms. The average Bonchev–Trinajstić information content (AvgIpc) is 2.30. The van der Waals surface area contributed by atoms with Crippen molar-refractivity contribution in [1.29, 1.82) is 0 Å². The molecule has 2 heterocycles. The van der Waals surface area contributed by atoms with Gasteiger partial charge in [0, 0.05) is 6.20 Å². The van der Waals surface area contributed by atoms with E-state index < -0.39 is 0 Å². The Hall–Kier alpha value is -1.71. The molecule has 0 aliphatic carbocycles. The average molecular weight is 204 g/mol. The van der Waals surface area contributed by atoms with Crippen molar-refractivity contribution in [2.75, 3.05) is 6.61 Å². The first-order valence-corrected chi connectivity index (χ1v) is 4.93. The van der Waals surface area contributed by atoms with Gasteiger partial charge in [-0.15, -0.1) is 0 Å². The van der Waals surface area contributed by atoms with Crippen molar-refractivity contribution in [1.82, 2.24) is 9.97 Å². The van der Waals surface area contributed by atoms with E-state index in [4.69, 9.17) is 4.74 Å². The Morgan fingerprint density at radius 2 is 2.27 bits per heavy atom. The summed E-state index contributed by atoms with van der Waals surface area (Å²) >= 11 is 0. The van der Waals surface area contributed by atoms with Gasteiger partial charge in [-0.3, -0.25) is 9.78 Å². The molecule has 1 aromatic rings. The lowest BCUT2D eigenvalue weighted by atomic mass is 10.1. The number of hydrogen-bond acceptors (Lipinski definition) is 4. The van der Waals surface area contributed by atoms with Crippen LogP contribution in [0.1, 0.15) is 29.0 Å². The monoisotopic (exact) mass is 204 g/mol. The Bertz CT molecular complexity index is 396. The van der Waals surface area contributed by atoms with Gasteiger partial charge < -0.3 is 4.74 Å². The van der Waals surface area contributed by atoms with Gasteiger partial charge in [-0.25, -0.2) is 4.98 Å². The fraction of sp³-hybridized carbons (Fsp3) is 0.364. The molecular weight excluding hydrogens is 192 g/mol. The highest BCUT2D eigenvalue weighted by Gasteiger charge is 2.17. The van der Waals surface area contributed by atoms with Crippen LogP contribution in [0.5, 0.6) is 0 Å². The van der Waals surface area contributed by atoms with E-state index >= 15 is 0 Å². The summed E-state index contributed by atoms with van der Waals surface area (Å²) in [5, 5.41) is 0. The van der Waals surface area contributed by atoms with Crippen molar-refractivity contribution in [3.05, 3.63) is 35.6 Å². The summed E-state index contributed by atoms with van der Waals surface area (Å²) in [7, 11) is 0. The molecule has 0 unspecified atom stereocenters. The molecule has 1 aromatic heterocycles. The van der Waals surface area contributed by atoms with E-state index in [1.807, 2.05) is 13.0 Å². The summed E-state index contributed by atoms with van der Waals surface area (Å²) in [4.78, 5) is 19.9. The maximum atomic E-state index is 11.8. The van der Waals surface area contributed by atoms with E-state index in [9.17, 15) is 4.79 Å². The fourth-order valence-corrected chi connectivity index (χ4v) is 1.35. The highest BCUT2D eigenvalue weighted by molar-refractivity contribution is 6.05. The van der Waals surface area contributed by atoms with E-state index in [2.05, 4.69) is 9.97 Å². The van der Waals surface area contributed by atoms with Crippen LogP contribution in [0.3, 0.4) is 0 Å². The van der Waals surface area contributed by atoms with Crippen molar-refractivity contribution in [3.8, 4) is 0 Å². The molecule has 0 radical (unpaired) electrons. The van der Waals surface area contributed by atoms with Crippen LogP contribution in [0.4, 0.5) is 0 Å². The molecule has 0 aromatic carbocycles. The Kier molecular flexibility index (Phi) is 2.76. The summed E-state index contributed by atoms with van der Waals surface area (Å²) in [5.41, 5.74) is 1.14. The van der Waals surface area contributed by atoms with E-state index in [-0.39, 0.29) is 5.78 Å². The number of carbonyl (C=O) groups is 1. The minimum Gasteiger partial charge on any atom is -0.490 e. The summed E-state index contributed by atoms with van der Waals surface area (Å²) in [6, 6.07) is 0. The number of nitrogens with zero attached hydrogens (tertiary/aromatic N) is 2. The summed E-state index contributed by atoms with van der Waals surface area (Å²) in [5.74, 6) is 0.224. The van der Waals surface area contributed by atoms with Gasteiger partial charge in [0.1, 0.15) is 5.69 Å². The molecule has 15 heavy (non-hydrogen) atoms. The van der Waals surface area contributed by atoms with Crippen molar-refractivity contribution in [2.45, 2.75) is 19.8 Å². The first kappa shape index (κ1) is 9.83. The molecule has 4 heteroatoms. The van der Waals surface area contributed by atoms with Crippen LogP contribution in [0.25, 0.3) is 0 Å². The minimum absolute atomic E-state index is 0.179. The number of allylic oxidation sites excluding steroid dienone is 2. The van der Waals surface area contributed by atoms with Crippen molar-refractivity contribution >= 4 is 5.78 Å². The minimum atomic E-state index is -0.179. The number of aromatic nitrogens is 2. The third-order valence-electron chi connectivity index (χ3n) is 2.17. The second-order valence-electron chi connectivity index (χ2n) is 3.43. The molecular formula is C11H12N2O2. The molecule has 0 N–H and O–H groups in total. The van der Waals surface area contributed by atoms with Crippen molar-refractivity contribution < 1.29 is 9.53 Å². The Labute approximate surface area is 88.0 Å². The Morgan fingerprint density at radius 3 is 2.87 bits per heavy atom. The van der Waals surface area contributed by atoms with E-state index in [1.165, 1.54) is 6.20 Å². The van der Waals surface area contributed by atoms with Crippen LogP contribution in [0.15, 0.2) is 24.2 Å². The number of hydrogen-bond donors (Lipinski definition) is 0. The molecule has 0 saturated heterocycles. The van der Waals surface area contributed by atoms with Crippen LogP contribution < -0.4 is 0 Å². The summed E-state index contributed by atoms with van der Waals surface area (Å²) < 4.78 is 5.27. The Morgan fingerprint density at radius 1 is 1.40 bits per heavy atom. The lowest BCUT2D eigenvalue weighted by molar-refractivity contribution is 0.0894. The second kappa shape index (κ2) is 4.21. The topological polar surface area (TPSA) is 52.1 Å². The number of aryl methyl sites for hydroxylation is 1. The van der Waals surface area contributed by atoms with Gasteiger partial charge in [-0.2, -0.15) is 0 Å². The largest absolute Gasteiger partial charge is 0.490 e. The van der Waals surface area contributed by atoms with Gasteiger partial charge in [0.2, 0.25) is 5.78 Å². The zero-order chi connectivity index (χ0) is 10.7. The van der Waals surface area contributed by atoms with Gasteiger partial charge in [-0.1, -0.05) is 0 Å². The smallest absolute Gasteiger partial charge is 0.247 e. The summed E-state index contributed by atoms with van der Waals surface area (Å²) in [6.07, 6.45) is 6.73. The number of ketones is 1. The number of ether oxygens (including phenoxy) is 1. The van der Waals surface area contributed by atoms with Crippen LogP contribution in [0, 0.1) is 6.92 Å². The van der Waals surface area contributed by atoms with Gasteiger partial charge in [-0.05, 0) is 25.8 Å². The van der Waals surface area contributed by atoms with Crippen LogP contribution >= 0.6 is 0 Å².